The van der Waals surface area contributed by atoms with Gasteiger partial charge in [0.15, 0.2) is 0 Å². The molecule has 0 bridgehead atoms. The first-order chi connectivity index (χ1) is 18.8. The second kappa shape index (κ2) is 14.8. The number of rotatable bonds is 14. The number of ether oxygens (including phenoxy) is 1. The molecule has 1 saturated carbocycles. The van der Waals surface area contributed by atoms with Crippen LogP contribution in [0.2, 0.25) is 0 Å². The normalized spacial score (nSPS) is 17.7. The fraction of sp³-hybridized carbons (Fsp3) is 0.559. The van der Waals surface area contributed by atoms with Crippen LogP contribution in [-0.2, 0) is 22.4 Å². The molecule has 0 atom stereocenters. The van der Waals surface area contributed by atoms with Gasteiger partial charge in [0.1, 0.15) is 5.82 Å². The molecule has 1 aliphatic rings. The first-order valence-corrected chi connectivity index (χ1v) is 14.7. The number of carbonyl (C=O) groups excluding carboxylic acids is 1. The highest BCUT2D eigenvalue weighted by Crippen LogP contribution is 2.39. The molecule has 39 heavy (non-hydrogen) atoms. The fourth-order valence-electron chi connectivity index (χ4n) is 5.82. The predicted molar refractivity (Wildman–Crippen MR) is 156 cm³/mol. The molecular weight excluding hydrogens is 491 g/mol. The molecule has 4 nitrogen and oxygen atoms in total. The first-order valence-electron chi connectivity index (χ1n) is 14.7. The van der Waals surface area contributed by atoms with E-state index in [4.69, 9.17) is 4.74 Å². The molecular formula is C34H47FO4. The number of halogens is 1. The Labute approximate surface area is 234 Å². The molecule has 0 unspecified atom stereocenters. The maximum absolute atomic E-state index is 15.5. The number of hydrogen-bond donors (Lipinski definition) is 2. The Kier molecular flexibility index (Phi) is 11.7. The van der Waals surface area contributed by atoms with Gasteiger partial charge in [-0.15, -0.1) is 0 Å². The van der Waals surface area contributed by atoms with E-state index in [-0.39, 0.29) is 25.0 Å². The van der Waals surface area contributed by atoms with E-state index < -0.39 is 5.41 Å². The second-order valence-electron chi connectivity index (χ2n) is 11.5. The topological polar surface area (TPSA) is 66.8 Å². The minimum absolute atomic E-state index is 0.0229. The van der Waals surface area contributed by atoms with Crippen molar-refractivity contribution in [1.29, 1.82) is 0 Å². The Balaban J connectivity index is 1.59. The van der Waals surface area contributed by atoms with Gasteiger partial charge in [-0.3, -0.25) is 0 Å². The SMILES string of the molecule is C=C(C)C(=O)OCCCC1CCC(c2ccc(-c3ccc(CCC(CC)(CO)CO)cc3CC)c(F)c2)CC1. The van der Waals surface area contributed by atoms with Crippen LogP contribution in [0.4, 0.5) is 4.39 Å². The summed E-state index contributed by atoms with van der Waals surface area (Å²) in [4.78, 5) is 11.5. The van der Waals surface area contributed by atoms with Crippen LogP contribution in [0.15, 0.2) is 48.6 Å². The van der Waals surface area contributed by atoms with Gasteiger partial charge in [-0.25, -0.2) is 9.18 Å². The Morgan fingerprint density at radius 1 is 1.05 bits per heavy atom. The van der Waals surface area contributed by atoms with Crippen LogP contribution in [0.5, 0.6) is 0 Å². The third-order valence-electron chi connectivity index (χ3n) is 8.86. The maximum atomic E-state index is 15.5. The van der Waals surface area contributed by atoms with Gasteiger partial charge in [0.25, 0.3) is 0 Å². The van der Waals surface area contributed by atoms with Crippen LogP contribution in [-0.4, -0.2) is 36.0 Å². The van der Waals surface area contributed by atoms with E-state index in [2.05, 4.69) is 31.7 Å². The van der Waals surface area contributed by atoms with Gasteiger partial charge in [-0.1, -0.05) is 50.8 Å². The number of aliphatic hydroxyl groups is 2. The van der Waals surface area contributed by atoms with Gasteiger partial charge in [0.2, 0.25) is 0 Å². The summed E-state index contributed by atoms with van der Waals surface area (Å²) >= 11 is 0. The molecule has 0 saturated heterocycles. The molecule has 2 N–H and O–H groups in total. The number of esters is 1. The number of carbonyl (C=O) groups is 1. The summed E-state index contributed by atoms with van der Waals surface area (Å²) in [5.74, 6) is 0.542. The van der Waals surface area contributed by atoms with Crippen molar-refractivity contribution < 1.29 is 24.1 Å². The maximum Gasteiger partial charge on any atom is 0.333 e. The molecule has 0 aliphatic heterocycles. The van der Waals surface area contributed by atoms with E-state index in [1.165, 1.54) is 0 Å². The van der Waals surface area contributed by atoms with Crippen molar-refractivity contribution in [2.24, 2.45) is 11.3 Å². The summed E-state index contributed by atoms with van der Waals surface area (Å²) in [6.45, 7) is 9.76. The van der Waals surface area contributed by atoms with E-state index in [9.17, 15) is 15.0 Å². The smallest absolute Gasteiger partial charge is 0.333 e. The molecule has 0 amide bonds. The third-order valence-corrected chi connectivity index (χ3v) is 8.86. The molecule has 2 aromatic rings. The zero-order valence-electron chi connectivity index (χ0n) is 24.1. The molecule has 0 radical (unpaired) electrons. The average Bonchev–Trinajstić information content (AvgIpc) is 2.96. The van der Waals surface area contributed by atoms with Crippen molar-refractivity contribution in [2.75, 3.05) is 19.8 Å². The van der Waals surface area contributed by atoms with Gasteiger partial charge in [-0.05, 0) is 111 Å². The average molecular weight is 539 g/mol. The quantitative estimate of drug-likeness (QED) is 0.148. The Morgan fingerprint density at radius 3 is 2.33 bits per heavy atom. The molecule has 0 aromatic heterocycles. The van der Waals surface area contributed by atoms with Crippen molar-refractivity contribution in [3.8, 4) is 11.1 Å². The summed E-state index contributed by atoms with van der Waals surface area (Å²) in [5, 5.41) is 19.5. The lowest BCUT2D eigenvalue weighted by Crippen LogP contribution is -2.29. The van der Waals surface area contributed by atoms with Crippen molar-refractivity contribution in [2.45, 2.75) is 90.9 Å². The minimum atomic E-state index is -0.453. The monoisotopic (exact) mass is 538 g/mol. The van der Waals surface area contributed by atoms with Crippen LogP contribution in [0.25, 0.3) is 11.1 Å². The standard InChI is InChI=1S/C34H47FO4/c1-5-27-20-26(17-18-34(6-2,22-36)23-37)11-15-30(27)31-16-14-29(21-32(31)35)28-12-9-25(10-13-28)8-7-19-39-33(38)24(3)4/h11,14-16,20-21,25,28,36-37H,3,5-10,12-13,17-19,22-23H2,1-2,4H3. The van der Waals surface area contributed by atoms with E-state index in [0.717, 1.165) is 80.0 Å². The number of benzene rings is 2. The number of aliphatic hydroxyl groups excluding tert-OH is 2. The summed E-state index contributed by atoms with van der Waals surface area (Å²) in [5.41, 5.74) is 4.92. The van der Waals surface area contributed by atoms with Crippen molar-refractivity contribution in [1.82, 2.24) is 0 Å². The van der Waals surface area contributed by atoms with E-state index in [1.54, 1.807) is 13.0 Å². The molecule has 3 rings (SSSR count). The lowest BCUT2D eigenvalue weighted by atomic mass is 9.77. The van der Waals surface area contributed by atoms with Crippen molar-refractivity contribution >= 4 is 5.97 Å². The van der Waals surface area contributed by atoms with Crippen LogP contribution in [0.1, 0.15) is 94.7 Å². The predicted octanol–water partition coefficient (Wildman–Crippen LogP) is 7.54. The number of hydrogen-bond acceptors (Lipinski definition) is 4. The van der Waals surface area contributed by atoms with Gasteiger partial charge in [0, 0.05) is 16.6 Å². The van der Waals surface area contributed by atoms with Gasteiger partial charge < -0.3 is 14.9 Å². The zero-order valence-corrected chi connectivity index (χ0v) is 24.1. The van der Waals surface area contributed by atoms with E-state index >= 15 is 4.39 Å². The number of aryl methyl sites for hydroxylation is 2. The van der Waals surface area contributed by atoms with Crippen LogP contribution < -0.4 is 0 Å². The van der Waals surface area contributed by atoms with Crippen molar-refractivity contribution in [3.63, 3.8) is 0 Å². The fourth-order valence-corrected chi connectivity index (χ4v) is 5.82. The highest BCUT2D eigenvalue weighted by atomic mass is 19.1. The largest absolute Gasteiger partial charge is 0.462 e. The molecule has 5 heteroatoms. The Hall–Kier alpha value is -2.50. The van der Waals surface area contributed by atoms with E-state index in [0.29, 0.717) is 36.0 Å². The summed E-state index contributed by atoms with van der Waals surface area (Å²) in [6, 6.07) is 12.0. The molecule has 2 aromatic carbocycles. The Morgan fingerprint density at radius 2 is 1.74 bits per heavy atom. The van der Waals surface area contributed by atoms with Gasteiger partial charge >= 0.3 is 5.97 Å². The van der Waals surface area contributed by atoms with E-state index in [1.807, 2.05) is 19.1 Å². The van der Waals surface area contributed by atoms with Gasteiger partial charge in [0.05, 0.1) is 19.8 Å². The van der Waals surface area contributed by atoms with Crippen molar-refractivity contribution in [3.05, 3.63) is 71.1 Å². The van der Waals surface area contributed by atoms with Crippen LogP contribution in [0, 0.1) is 17.2 Å². The van der Waals surface area contributed by atoms with Crippen LogP contribution >= 0.6 is 0 Å². The highest BCUT2D eigenvalue weighted by molar-refractivity contribution is 5.86. The summed E-state index contributed by atoms with van der Waals surface area (Å²) < 4.78 is 20.7. The van der Waals surface area contributed by atoms with Crippen LogP contribution in [0.3, 0.4) is 0 Å². The summed E-state index contributed by atoms with van der Waals surface area (Å²) in [6.07, 6.45) is 9.31. The first kappa shape index (κ1) is 31.0. The molecule has 0 spiro atoms. The molecule has 1 fully saturated rings. The molecule has 214 valence electrons. The molecule has 0 heterocycles. The molecule has 1 aliphatic carbocycles. The third kappa shape index (κ3) is 8.25. The lowest BCUT2D eigenvalue weighted by Gasteiger charge is -2.29. The minimum Gasteiger partial charge on any atom is -0.462 e. The lowest BCUT2D eigenvalue weighted by molar-refractivity contribution is -0.139. The Bertz CT molecular complexity index is 1090. The summed E-state index contributed by atoms with van der Waals surface area (Å²) in [7, 11) is 0. The zero-order chi connectivity index (χ0) is 28.4. The highest BCUT2D eigenvalue weighted by Gasteiger charge is 2.26. The second-order valence-corrected chi connectivity index (χ2v) is 11.5. The van der Waals surface area contributed by atoms with Gasteiger partial charge in [-0.2, -0.15) is 0 Å².